The summed E-state index contributed by atoms with van der Waals surface area (Å²) in [6.45, 7) is 0.293. The second kappa shape index (κ2) is 3.43. The summed E-state index contributed by atoms with van der Waals surface area (Å²) < 4.78 is 1.18. The van der Waals surface area contributed by atoms with E-state index in [2.05, 4.69) is 34.1 Å². The highest BCUT2D eigenvalue weighted by Crippen LogP contribution is 2.52. The van der Waals surface area contributed by atoms with Gasteiger partial charge in [0.25, 0.3) is 0 Å². The van der Waals surface area contributed by atoms with Crippen molar-refractivity contribution in [2.45, 2.75) is 24.7 Å². The third-order valence-electron chi connectivity index (χ3n) is 2.89. The second-order valence-corrected chi connectivity index (χ2v) is 4.59. The van der Waals surface area contributed by atoms with Crippen molar-refractivity contribution in [1.29, 1.82) is 0 Å². The molecule has 1 nitrogen and oxygen atoms in total. The van der Waals surface area contributed by atoms with Gasteiger partial charge in [-0.1, -0.05) is 34.1 Å². The number of aliphatic hydroxyl groups excluding tert-OH is 1. The van der Waals surface area contributed by atoms with Gasteiger partial charge in [0.15, 0.2) is 0 Å². The van der Waals surface area contributed by atoms with Crippen molar-refractivity contribution >= 4 is 15.9 Å². The molecule has 1 N–H and O–H groups in total. The van der Waals surface area contributed by atoms with E-state index in [0.717, 1.165) is 6.42 Å². The van der Waals surface area contributed by atoms with Gasteiger partial charge in [-0.2, -0.15) is 0 Å². The van der Waals surface area contributed by atoms with E-state index in [1.54, 1.807) is 0 Å². The summed E-state index contributed by atoms with van der Waals surface area (Å²) >= 11 is 3.56. The van der Waals surface area contributed by atoms with Crippen LogP contribution in [0.25, 0.3) is 0 Å². The molecule has 0 atom stereocenters. The van der Waals surface area contributed by atoms with Crippen LogP contribution in [0.4, 0.5) is 0 Å². The topological polar surface area (TPSA) is 20.2 Å². The smallest absolute Gasteiger partial charge is 0.0439 e. The summed E-state index contributed by atoms with van der Waals surface area (Å²) in [5.74, 6) is 0. The van der Waals surface area contributed by atoms with Gasteiger partial charge in [-0.05, 0) is 36.3 Å². The van der Waals surface area contributed by atoms with Gasteiger partial charge in [0, 0.05) is 11.1 Å². The maximum Gasteiger partial charge on any atom is 0.0439 e. The highest BCUT2D eigenvalue weighted by Gasteiger charge is 2.44. The normalized spacial score (nSPS) is 18.6. The van der Waals surface area contributed by atoms with Crippen LogP contribution < -0.4 is 0 Å². The SMILES string of the molecule is OCCC1(c2ccccc2Br)CC1. The molecule has 1 fully saturated rings. The predicted octanol–water partition coefficient (Wildman–Crippen LogP) is 2.86. The summed E-state index contributed by atoms with van der Waals surface area (Å²) in [7, 11) is 0. The lowest BCUT2D eigenvalue weighted by Crippen LogP contribution is -2.09. The van der Waals surface area contributed by atoms with Gasteiger partial charge < -0.3 is 5.11 Å². The molecular weight excluding hydrogens is 228 g/mol. The zero-order valence-corrected chi connectivity index (χ0v) is 9.05. The molecule has 13 heavy (non-hydrogen) atoms. The lowest BCUT2D eigenvalue weighted by Gasteiger charge is -2.15. The molecule has 1 aromatic carbocycles. The second-order valence-electron chi connectivity index (χ2n) is 3.73. The minimum Gasteiger partial charge on any atom is -0.396 e. The minimum atomic E-state index is 0.287. The molecule has 0 aromatic heterocycles. The molecule has 1 saturated carbocycles. The molecule has 70 valence electrons. The number of hydrogen-bond donors (Lipinski definition) is 1. The Morgan fingerprint density at radius 2 is 2.00 bits per heavy atom. The van der Waals surface area contributed by atoms with E-state index in [0.29, 0.717) is 6.61 Å². The van der Waals surface area contributed by atoms with Gasteiger partial charge in [0.1, 0.15) is 0 Å². The summed E-state index contributed by atoms with van der Waals surface area (Å²) in [5, 5.41) is 8.98. The van der Waals surface area contributed by atoms with Crippen LogP contribution in [0.2, 0.25) is 0 Å². The van der Waals surface area contributed by atoms with Crippen LogP contribution >= 0.6 is 15.9 Å². The molecule has 1 aromatic rings. The molecule has 0 saturated heterocycles. The molecule has 0 spiro atoms. The third-order valence-corrected chi connectivity index (χ3v) is 3.58. The summed E-state index contributed by atoms with van der Waals surface area (Å²) in [5.41, 5.74) is 1.65. The molecule has 2 heteroatoms. The Kier molecular flexibility index (Phi) is 2.43. The third kappa shape index (κ3) is 1.65. The monoisotopic (exact) mass is 240 g/mol. The average molecular weight is 241 g/mol. The lowest BCUT2D eigenvalue weighted by molar-refractivity contribution is 0.271. The molecule has 1 aliphatic carbocycles. The van der Waals surface area contributed by atoms with Crippen LogP contribution in [-0.4, -0.2) is 11.7 Å². The van der Waals surface area contributed by atoms with Crippen LogP contribution in [0, 0.1) is 0 Å². The molecule has 0 aliphatic heterocycles. The number of halogens is 1. The van der Waals surface area contributed by atoms with Crippen molar-refractivity contribution in [1.82, 2.24) is 0 Å². The van der Waals surface area contributed by atoms with Crippen LogP contribution in [0.1, 0.15) is 24.8 Å². The van der Waals surface area contributed by atoms with E-state index in [1.165, 1.54) is 22.9 Å². The maximum atomic E-state index is 8.98. The number of benzene rings is 1. The maximum absolute atomic E-state index is 8.98. The first kappa shape index (κ1) is 9.22. The van der Waals surface area contributed by atoms with E-state index in [-0.39, 0.29) is 5.41 Å². The Morgan fingerprint density at radius 1 is 1.31 bits per heavy atom. The predicted molar refractivity (Wildman–Crippen MR) is 56.8 cm³/mol. The molecule has 0 bridgehead atoms. The first-order chi connectivity index (χ1) is 6.28. The fourth-order valence-electron chi connectivity index (χ4n) is 1.91. The lowest BCUT2D eigenvalue weighted by atomic mass is 9.93. The van der Waals surface area contributed by atoms with E-state index in [4.69, 9.17) is 5.11 Å². The molecule has 1 aliphatic rings. The number of rotatable bonds is 3. The number of aliphatic hydroxyl groups is 1. The first-order valence-corrected chi connectivity index (χ1v) is 5.44. The quantitative estimate of drug-likeness (QED) is 0.862. The summed E-state index contributed by atoms with van der Waals surface area (Å²) in [4.78, 5) is 0. The Balaban J connectivity index is 2.30. The van der Waals surface area contributed by atoms with Crippen LogP contribution in [0.3, 0.4) is 0 Å². The Bertz CT molecular complexity index is 305. The highest BCUT2D eigenvalue weighted by molar-refractivity contribution is 9.10. The van der Waals surface area contributed by atoms with Gasteiger partial charge in [0.2, 0.25) is 0 Å². The van der Waals surface area contributed by atoms with Gasteiger partial charge in [0.05, 0.1) is 0 Å². The minimum absolute atomic E-state index is 0.287. The average Bonchev–Trinajstić information content (AvgIpc) is 2.87. The summed E-state index contributed by atoms with van der Waals surface area (Å²) in [6.07, 6.45) is 3.34. The Hall–Kier alpha value is -0.340. The molecule has 0 unspecified atom stereocenters. The van der Waals surface area contributed by atoms with Crippen molar-refractivity contribution in [2.24, 2.45) is 0 Å². The van der Waals surface area contributed by atoms with Crippen LogP contribution in [0.5, 0.6) is 0 Å². The fourth-order valence-corrected chi connectivity index (χ4v) is 2.62. The van der Waals surface area contributed by atoms with Gasteiger partial charge in [-0.3, -0.25) is 0 Å². The van der Waals surface area contributed by atoms with Crippen molar-refractivity contribution in [3.8, 4) is 0 Å². The molecule has 0 heterocycles. The molecule has 2 rings (SSSR count). The fraction of sp³-hybridized carbons (Fsp3) is 0.455. The molecule has 0 radical (unpaired) electrons. The molecule has 0 amide bonds. The van der Waals surface area contributed by atoms with Crippen molar-refractivity contribution in [3.63, 3.8) is 0 Å². The van der Waals surface area contributed by atoms with Crippen LogP contribution in [-0.2, 0) is 5.41 Å². The van der Waals surface area contributed by atoms with E-state index >= 15 is 0 Å². The van der Waals surface area contributed by atoms with Crippen molar-refractivity contribution in [2.75, 3.05) is 6.61 Å². The molecular formula is C11H13BrO. The van der Waals surface area contributed by atoms with E-state index in [1.807, 2.05) is 6.07 Å². The van der Waals surface area contributed by atoms with Crippen molar-refractivity contribution in [3.05, 3.63) is 34.3 Å². The van der Waals surface area contributed by atoms with Gasteiger partial charge in [-0.15, -0.1) is 0 Å². The number of hydrogen-bond acceptors (Lipinski definition) is 1. The standard InChI is InChI=1S/C11H13BrO/c12-10-4-2-1-3-9(10)11(5-6-11)7-8-13/h1-4,13H,5-8H2. The van der Waals surface area contributed by atoms with E-state index < -0.39 is 0 Å². The van der Waals surface area contributed by atoms with Gasteiger partial charge in [-0.25, -0.2) is 0 Å². The highest BCUT2D eigenvalue weighted by atomic mass is 79.9. The summed E-state index contributed by atoms with van der Waals surface area (Å²) in [6, 6.07) is 8.33. The largest absolute Gasteiger partial charge is 0.396 e. The zero-order chi connectivity index (χ0) is 9.31. The van der Waals surface area contributed by atoms with E-state index in [9.17, 15) is 0 Å². The zero-order valence-electron chi connectivity index (χ0n) is 7.46. The van der Waals surface area contributed by atoms with Gasteiger partial charge >= 0.3 is 0 Å². The van der Waals surface area contributed by atoms with Crippen LogP contribution in [0.15, 0.2) is 28.7 Å². The Morgan fingerprint density at radius 3 is 2.54 bits per heavy atom. The van der Waals surface area contributed by atoms with Crippen molar-refractivity contribution < 1.29 is 5.11 Å². The first-order valence-electron chi connectivity index (χ1n) is 4.64. The Labute approximate surface area is 86.9 Å².